The summed E-state index contributed by atoms with van der Waals surface area (Å²) in [5.74, 6) is 0.739. The monoisotopic (exact) mass is 276 g/mol. The highest BCUT2D eigenvalue weighted by Gasteiger charge is 2.13. The molecule has 4 nitrogen and oxygen atoms in total. The maximum absolute atomic E-state index is 12.1. The Hall–Kier alpha value is -1.55. The molecule has 0 saturated carbocycles. The Morgan fingerprint density at radius 1 is 1.15 bits per heavy atom. The summed E-state index contributed by atoms with van der Waals surface area (Å²) in [7, 11) is 1.61. The Kier molecular flexibility index (Phi) is 5.87. The van der Waals surface area contributed by atoms with Gasteiger partial charge in [0.1, 0.15) is 5.75 Å². The zero-order valence-electron chi connectivity index (χ0n) is 12.2. The highest BCUT2D eigenvalue weighted by atomic mass is 16.5. The fourth-order valence-electron chi connectivity index (χ4n) is 2.61. The Balaban J connectivity index is 1.87. The molecule has 1 amide bonds. The summed E-state index contributed by atoms with van der Waals surface area (Å²) in [6.07, 6.45) is 6.29. The molecule has 1 aromatic carbocycles. The van der Waals surface area contributed by atoms with Gasteiger partial charge < -0.3 is 10.1 Å². The molecular weight excluding hydrogens is 252 g/mol. The molecule has 0 unspecified atom stereocenters. The van der Waals surface area contributed by atoms with Crippen molar-refractivity contribution < 1.29 is 9.53 Å². The van der Waals surface area contributed by atoms with Crippen molar-refractivity contribution >= 4 is 11.6 Å². The van der Waals surface area contributed by atoms with Crippen LogP contribution in [-0.4, -0.2) is 37.6 Å². The predicted octanol–water partition coefficient (Wildman–Crippen LogP) is 2.90. The van der Waals surface area contributed by atoms with Gasteiger partial charge in [-0.15, -0.1) is 0 Å². The van der Waals surface area contributed by atoms with Gasteiger partial charge in [-0.2, -0.15) is 0 Å². The predicted molar refractivity (Wildman–Crippen MR) is 81.1 cm³/mol. The van der Waals surface area contributed by atoms with E-state index in [2.05, 4.69) is 10.2 Å². The van der Waals surface area contributed by atoms with Gasteiger partial charge in [-0.25, -0.2) is 0 Å². The number of likely N-dealkylation sites (tertiary alicyclic amines) is 1. The summed E-state index contributed by atoms with van der Waals surface area (Å²) < 4.78 is 5.24. The number of hydrogen-bond donors (Lipinski definition) is 1. The molecule has 1 aliphatic heterocycles. The van der Waals surface area contributed by atoms with Crippen LogP contribution in [0.3, 0.4) is 0 Å². The minimum Gasteiger partial charge on any atom is -0.495 e. The van der Waals surface area contributed by atoms with Gasteiger partial charge in [0.15, 0.2) is 0 Å². The average molecular weight is 276 g/mol. The summed E-state index contributed by atoms with van der Waals surface area (Å²) in [5.41, 5.74) is 0.743. The quantitative estimate of drug-likeness (QED) is 0.919. The topological polar surface area (TPSA) is 41.6 Å². The van der Waals surface area contributed by atoms with Crippen molar-refractivity contribution in [2.45, 2.75) is 32.1 Å². The fraction of sp³-hybridized carbons (Fsp3) is 0.562. The highest BCUT2D eigenvalue weighted by molar-refractivity contribution is 5.93. The Morgan fingerprint density at radius 3 is 2.50 bits per heavy atom. The first-order valence-corrected chi connectivity index (χ1v) is 7.45. The molecule has 4 heteroatoms. The summed E-state index contributed by atoms with van der Waals surface area (Å²) in [5, 5.41) is 2.94. The Labute approximate surface area is 121 Å². The maximum Gasteiger partial charge on any atom is 0.238 e. The molecule has 1 N–H and O–H groups in total. The second-order valence-electron chi connectivity index (χ2n) is 5.29. The van der Waals surface area contributed by atoms with Gasteiger partial charge in [-0.05, 0) is 38.1 Å². The van der Waals surface area contributed by atoms with Crippen LogP contribution in [-0.2, 0) is 4.79 Å². The largest absolute Gasteiger partial charge is 0.495 e. The molecule has 0 radical (unpaired) electrons. The van der Waals surface area contributed by atoms with E-state index in [4.69, 9.17) is 4.74 Å². The van der Waals surface area contributed by atoms with Gasteiger partial charge in [0.25, 0.3) is 0 Å². The number of methoxy groups -OCH3 is 1. The van der Waals surface area contributed by atoms with Crippen LogP contribution in [0, 0.1) is 0 Å². The number of nitrogens with zero attached hydrogens (tertiary/aromatic N) is 1. The van der Waals surface area contributed by atoms with Gasteiger partial charge in [0.05, 0.1) is 19.3 Å². The van der Waals surface area contributed by atoms with Crippen LogP contribution in [0.4, 0.5) is 5.69 Å². The van der Waals surface area contributed by atoms with Crippen LogP contribution < -0.4 is 10.1 Å². The van der Waals surface area contributed by atoms with Gasteiger partial charge in [-0.3, -0.25) is 9.69 Å². The number of hydrogen-bond acceptors (Lipinski definition) is 3. The molecule has 1 aromatic rings. The van der Waals surface area contributed by atoms with E-state index in [1.807, 2.05) is 24.3 Å². The standard InChI is InChI=1S/C16H24N2O2/c1-20-15-10-6-5-9-14(15)17-16(19)13-18-11-7-3-2-4-8-12-18/h5-6,9-10H,2-4,7-8,11-13H2,1H3,(H,17,19). The zero-order valence-corrected chi connectivity index (χ0v) is 12.2. The van der Waals surface area contributed by atoms with Crippen molar-refractivity contribution in [1.82, 2.24) is 4.90 Å². The molecule has 0 bridgehead atoms. The molecule has 1 heterocycles. The van der Waals surface area contributed by atoms with Gasteiger partial charge in [-0.1, -0.05) is 31.4 Å². The molecule has 1 fully saturated rings. The third kappa shape index (κ3) is 4.53. The number of para-hydroxylation sites is 2. The van der Waals surface area contributed by atoms with Crippen molar-refractivity contribution in [1.29, 1.82) is 0 Å². The molecule has 2 rings (SSSR count). The van der Waals surface area contributed by atoms with Crippen molar-refractivity contribution in [3.63, 3.8) is 0 Å². The molecule has 0 aromatic heterocycles. The molecular formula is C16H24N2O2. The number of ether oxygens (including phenoxy) is 1. The van der Waals surface area contributed by atoms with Gasteiger partial charge >= 0.3 is 0 Å². The van der Waals surface area contributed by atoms with E-state index in [0.717, 1.165) is 18.8 Å². The minimum atomic E-state index is 0.0371. The maximum atomic E-state index is 12.1. The third-order valence-corrected chi connectivity index (χ3v) is 3.70. The average Bonchev–Trinajstić information content (AvgIpc) is 2.42. The van der Waals surface area contributed by atoms with E-state index >= 15 is 0 Å². The summed E-state index contributed by atoms with van der Waals surface area (Å²) >= 11 is 0. The smallest absolute Gasteiger partial charge is 0.238 e. The molecule has 20 heavy (non-hydrogen) atoms. The van der Waals surface area contributed by atoms with Crippen LogP contribution in [0.15, 0.2) is 24.3 Å². The lowest BCUT2D eigenvalue weighted by molar-refractivity contribution is -0.117. The van der Waals surface area contributed by atoms with Crippen LogP contribution >= 0.6 is 0 Å². The van der Waals surface area contributed by atoms with E-state index in [1.165, 1.54) is 32.1 Å². The molecule has 0 atom stereocenters. The van der Waals surface area contributed by atoms with Crippen LogP contribution in [0.5, 0.6) is 5.75 Å². The van der Waals surface area contributed by atoms with E-state index in [9.17, 15) is 4.79 Å². The number of carbonyl (C=O) groups is 1. The SMILES string of the molecule is COc1ccccc1NC(=O)CN1CCCCCCC1. The van der Waals surface area contributed by atoms with Gasteiger partial charge in [0.2, 0.25) is 5.91 Å². The molecule has 0 aliphatic carbocycles. The normalized spacial score (nSPS) is 17.1. The van der Waals surface area contributed by atoms with E-state index in [0.29, 0.717) is 12.3 Å². The Morgan fingerprint density at radius 2 is 1.80 bits per heavy atom. The summed E-state index contributed by atoms with van der Waals surface area (Å²) in [6.45, 7) is 2.52. The number of nitrogens with one attached hydrogen (secondary N) is 1. The van der Waals surface area contributed by atoms with Gasteiger partial charge in [0, 0.05) is 0 Å². The second-order valence-corrected chi connectivity index (χ2v) is 5.29. The zero-order chi connectivity index (χ0) is 14.2. The molecule has 1 aliphatic rings. The first-order chi connectivity index (χ1) is 9.79. The summed E-state index contributed by atoms with van der Waals surface area (Å²) in [6, 6.07) is 7.51. The lowest BCUT2D eigenvalue weighted by atomic mass is 10.1. The summed E-state index contributed by atoms with van der Waals surface area (Å²) in [4.78, 5) is 14.4. The Bertz CT molecular complexity index is 426. The lowest BCUT2D eigenvalue weighted by Crippen LogP contribution is -2.35. The van der Waals surface area contributed by atoms with Crippen molar-refractivity contribution in [3.05, 3.63) is 24.3 Å². The highest BCUT2D eigenvalue weighted by Crippen LogP contribution is 2.22. The van der Waals surface area contributed by atoms with Crippen molar-refractivity contribution in [2.24, 2.45) is 0 Å². The van der Waals surface area contributed by atoms with Crippen molar-refractivity contribution in [3.8, 4) is 5.75 Å². The lowest BCUT2D eigenvalue weighted by Gasteiger charge is -2.23. The van der Waals surface area contributed by atoms with Crippen LogP contribution in [0.25, 0.3) is 0 Å². The number of rotatable bonds is 4. The first-order valence-electron chi connectivity index (χ1n) is 7.45. The third-order valence-electron chi connectivity index (χ3n) is 3.70. The van der Waals surface area contributed by atoms with Crippen molar-refractivity contribution in [2.75, 3.05) is 32.1 Å². The fourth-order valence-corrected chi connectivity index (χ4v) is 2.61. The van der Waals surface area contributed by atoms with Crippen LogP contribution in [0.1, 0.15) is 32.1 Å². The van der Waals surface area contributed by atoms with E-state index in [-0.39, 0.29) is 5.91 Å². The van der Waals surface area contributed by atoms with E-state index in [1.54, 1.807) is 7.11 Å². The minimum absolute atomic E-state index is 0.0371. The molecule has 0 spiro atoms. The molecule has 110 valence electrons. The van der Waals surface area contributed by atoms with E-state index < -0.39 is 0 Å². The van der Waals surface area contributed by atoms with Crippen LogP contribution in [0.2, 0.25) is 0 Å². The number of amides is 1. The number of anilines is 1. The number of benzene rings is 1. The second kappa shape index (κ2) is 7.90. The molecule has 1 saturated heterocycles. The first kappa shape index (κ1) is 14.9. The number of carbonyl (C=O) groups excluding carboxylic acids is 1.